The fraction of sp³-hybridized carbons (Fsp3) is 1.00. The highest BCUT2D eigenvalue weighted by Crippen LogP contribution is 2.10. The predicted octanol–water partition coefficient (Wildman–Crippen LogP) is 0.763. The molecule has 4 nitrogen and oxygen atoms in total. The van der Waals surface area contributed by atoms with Crippen molar-refractivity contribution in [3.8, 4) is 0 Å². The first-order chi connectivity index (χ1) is 6.69. The zero-order chi connectivity index (χ0) is 10.6. The number of rotatable bonds is 4. The van der Waals surface area contributed by atoms with Gasteiger partial charge in [0.1, 0.15) is 12.5 Å². The third-order valence-electron chi connectivity index (χ3n) is 2.96. The number of piperazine rings is 1. The van der Waals surface area contributed by atoms with Crippen LogP contribution in [-0.2, 0) is 9.84 Å². The van der Waals surface area contributed by atoms with Crippen LogP contribution in [0.4, 0.5) is 0 Å². The summed E-state index contributed by atoms with van der Waals surface area (Å²) in [5.74, 6) is 0. The zero-order valence-corrected chi connectivity index (χ0v) is 9.40. The van der Waals surface area contributed by atoms with E-state index in [4.69, 9.17) is 4.74 Å². The number of hydrogen-bond donors (Lipinski definition) is 0. The van der Waals surface area contributed by atoms with Crippen LogP contribution in [0.2, 0.25) is 0 Å². The molecule has 1 radical (unpaired) electrons. The Hall–Kier alpha value is -0.160. The summed E-state index contributed by atoms with van der Waals surface area (Å²) in [5, 5.41) is 11.5. The SMILES string of the molecule is CCC([O])N1CCN(C(C)OC)CC1. The standard InChI is InChI=1S/C10H21N2O2/c1-4-10(13)12-7-5-11(6-8-12)9(2)14-3/h9-10H,4-8H2,1-3H3. The first kappa shape index (κ1) is 11.9. The van der Waals surface area contributed by atoms with Gasteiger partial charge in [0.05, 0.1) is 0 Å². The quantitative estimate of drug-likeness (QED) is 0.674. The van der Waals surface area contributed by atoms with E-state index >= 15 is 0 Å². The van der Waals surface area contributed by atoms with Crippen LogP contribution in [0.25, 0.3) is 0 Å². The second-order valence-corrected chi connectivity index (χ2v) is 3.77. The van der Waals surface area contributed by atoms with Gasteiger partial charge in [-0.15, -0.1) is 0 Å². The lowest BCUT2D eigenvalue weighted by molar-refractivity contribution is -0.0980. The van der Waals surface area contributed by atoms with E-state index in [9.17, 15) is 5.11 Å². The van der Waals surface area contributed by atoms with E-state index in [1.807, 2.05) is 18.7 Å². The molecule has 0 aliphatic carbocycles. The molecule has 1 heterocycles. The molecule has 0 amide bonds. The molecule has 2 atom stereocenters. The van der Waals surface area contributed by atoms with Crippen LogP contribution in [0.1, 0.15) is 20.3 Å². The molecule has 0 aromatic heterocycles. The normalized spacial score (nSPS) is 24.9. The monoisotopic (exact) mass is 201 g/mol. The van der Waals surface area contributed by atoms with Crippen molar-refractivity contribution in [3.63, 3.8) is 0 Å². The zero-order valence-electron chi connectivity index (χ0n) is 9.40. The maximum Gasteiger partial charge on any atom is 0.146 e. The summed E-state index contributed by atoms with van der Waals surface area (Å²) in [6, 6.07) is 0. The van der Waals surface area contributed by atoms with E-state index in [1.165, 1.54) is 0 Å². The summed E-state index contributed by atoms with van der Waals surface area (Å²) in [6.45, 7) is 7.61. The summed E-state index contributed by atoms with van der Waals surface area (Å²) >= 11 is 0. The van der Waals surface area contributed by atoms with Crippen LogP contribution < -0.4 is 0 Å². The summed E-state index contributed by atoms with van der Waals surface area (Å²) in [7, 11) is 1.72. The molecule has 83 valence electrons. The van der Waals surface area contributed by atoms with Gasteiger partial charge in [-0.2, -0.15) is 0 Å². The Morgan fingerprint density at radius 3 is 2.14 bits per heavy atom. The van der Waals surface area contributed by atoms with Gasteiger partial charge in [-0.1, -0.05) is 6.92 Å². The van der Waals surface area contributed by atoms with Gasteiger partial charge in [0.25, 0.3) is 0 Å². The number of hydrogen-bond acceptors (Lipinski definition) is 3. The molecule has 1 fully saturated rings. The van der Waals surface area contributed by atoms with E-state index in [0.29, 0.717) is 6.42 Å². The van der Waals surface area contributed by atoms with Gasteiger partial charge in [-0.3, -0.25) is 9.80 Å². The summed E-state index contributed by atoms with van der Waals surface area (Å²) in [4.78, 5) is 4.28. The molecule has 1 rings (SSSR count). The highest BCUT2D eigenvalue weighted by Gasteiger charge is 2.24. The van der Waals surface area contributed by atoms with Crippen molar-refractivity contribution in [2.45, 2.75) is 32.7 Å². The Morgan fingerprint density at radius 1 is 1.21 bits per heavy atom. The minimum absolute atomic E-state index is 0.170. The van der Waals surface area contributed by atoms with Crippen LogP contribution in [0.15, 0.2) is 0 Å². The van der Waals surface area contributed by atoms with E-state index in [2.05, 4.69) is 4.90 Å². The maximum atomic E-state index is 11.5. The average molecular weight is 201 g/mol. The van der Waals surface area contributed by atoms with Crippen molar-refractivity contribution in [1.82, 2.24) is 9.80 Å². The van der Waals surface area contributed by atoms with Crippen molar-refractivity contribution in [1.29, 1.82) is 0 Å². The molecule has 0 aromatic carbocycles. The average Bonchev–Trinajstić information content (AvgIpc) is 2.27. The minimum atomic E-state index is -0.519. The Balaban J connectivity index is 2.31. The van der Waals surface area contributed by atoms with Gasteiger partial charge in [-0.25, -0.2) is 5.11 Å². The minimum Gasteiger partial charge on any atom is -0.367 e. The summed E-state index contributed by atoms with van der Waals surface area (Å²) < 4.78 is 5.24. The molecular formula is C10H21N2O2. The van der Waals surface area contributed by atoms with Gasteiger partial charge < -0.3 is 4.74 Å². The van der Waals surface area contributed by atoms with E-state index in [1.54, 1.807) is 7.11 Å². The van der Waals surface area contributed by atoms with Gasteiger partial charge in [0, 0.05) is 33.3 Å². The molecule has 0 bridgehead atoms. The van der Waals surface area contributed by atoms with Crippen LogP contribution in [-0.4, -0.2) is 55.5 Å². The molecule has 4 heteroatoms. The third kappa shape index (κ3) is 2.92. The molecule has 0 N–H and O–H groups in total. The second kappa shape index (κ2) is 5.66. The highest BCUT2D eigenvalue weighted by molar-refractivity contribution is 4.73. The lowest BCUT2D eigenvalue weighted by atomic mass is 10.2. The van der Waals surface area contributed by atoms with Crippen molar-refractivity contribution in [2.24, 2.45) is 0 Å². The number of nitrogens with zero attached hydrogens (tertiary/aromatic N) is 2. The van der Waals surface area contributed by atoms with Crippen LogP contribution >= 0.6 is 0 Å². The Bertz CT molecular complexity index is 140. The predicted molar refractivity (Wildman–Crippen MR) is 54.4 cm³/mol. The topological polar surface area (TPSA) is 35.6 Å². The van der Waals surface area contributed by atoms with Gasteiger partial charge in [-0.05, 0) is 13.3 Å². The molecule has 1 aliphatic heterocycles. The highest BCUT2D eigenvalue weighted by atomic mass is 16.5. The molecule has 2 unspecified atom stereocenters. The molecule has 0 aromatic rings. The maximum absolute atomic E-state index is 11.5. The molecule has 1 saturated heterocycles. The fourth-order valence-corrected chi connectivity index (χ4v) is 1.80. The van der Waals surface area contributed by atoms with Gasteiger partial charge in [0.2, 0.25) is 0 Å². The third-order valence-corrected chi connectivity index (χ3v) is 2.96. The number of methoxy groups -OCH3 is 1. The van der Waals surface area contributed by atoms with Crippen LogP contribution in [0.3, 0.4) is 0 Å². The Morgan fingerprint density at radius 2 is 1.71 bits per heavy atom. The fourth-order valence-electron chi connectivity index (χ4n) is 1.80. The molecule has 0 spiro atoms. The Kier molecular flexibility index (Phi) is 4.81. The number of ether oxygens (including phenoxy) is 1. The van der Waals surface area contributed by atoms with Crippen molar-refractivity contribution in [3.05, 3.63) is 0 Å². The van der Waals surface area contributed by atoms with E-state index < -0.39 is 6.23 Å². The van der Waals surface area contributed by atoms with E-state index in [0.717, 1.165) is 26.2 Å². The smallest absolute Gasteiger partial charge is 0.146 e. The molecule has 0 saturated carbocycles. The molecular weight excluding hydrogens is 180 g/mol. The molecule has 14 heavy (non-hydrogen) atoms. The van der Waals surface area contributed by atoms with Crippen LogP contribution in [0, 0.1) is 0 Å². The summed E-state index contributed by atoms with van der Waals surface area (Å²) in [5.41, 5.74) is 0. The van der Waals surface area contributed by atoms with Crippen molar-refractivity contribution >= 4 is 0 Å². The van der Waals surface area contributed by atoms with Crippen LogP contribution in [0.5, 0.6) is 0 Å². The van der Waals surface area contributed by atoms with E-state index in [-0.39, 0.29) is 6.23 Å². The van der Waals surface area contributed by atoms with Crippen molar-refractivity contribution < 1.29 is 9.84 Å². The second-order valence-electron chi connectivity index (χ2n) is 3.77. The van der Waals surface area contributed by atoms with Gasteiger partial charge in [0.15, 0.2) is 0 Å². The summed E-state index contributed by atoms with van der Waals surface area (Å²) in [6.07, 6.45) is 0.346. The lowest BCUT2D eigenvalue weighted by Crippen LogP contribution is -2.52. The first-order valence-electron chi connectivity index (χ1n) is 5.35. The first-order valence-corrected chi connectivity index (χ1v) is 5.35. The lowest BCUT2D eigenvalue weighted by Gasteiger charge is -2.38. The Labute approximate surface area is 86.4 Å². The molecule has 1 aliphatic rings. The van der Waals surface area contributed by atoms with Crippen molar-refractivity contribution in [2.75, 3.05) is 33.3 Å². The van der Waals surface area contributed by atoms with Gasteiger partial charge >= 0.3 is 0 Å². The largest absolute Gasteiger partial charge is 0.367 e.